The van der Waals surface area contributed by atoms with Crippen LogP contribution in [0.4, 0.5) is 0 Å². The van der Waals surface area contributed by atoms with Gasteiger partial charge in [-0.25, -0.2) is 0 Å². The Morgan fingerprint density at radius 2 is 1.57 bits per heavy atom. The maximum Gasteiger partial charge on any atom is -0.0357 e. The normalized spacial score (nSPS) is 16.7. The summed E-state index contributed by atoms with van der Waals surface area (Å²) in [5.74, 6) is 1.81. The summed E-state index contributed by atoms with van der Waals surface area (Å²) >= 11 is 0. The molecular weight excluding hydrogens is 168 g/mol. The van der Waals surface area contributed by atoms with Gasteiger partial charge in [0.2, 0.25) is 0 Å². The molecule has 0 aromatic carbocycles. The fourth-order valence-corrected chi connectivity index (χ4v) is 1.77. The van der Waals surface area contributed by atoms with Crippen molar-refractivity contribution in [3.8, 4) is 0 Å². The molecule has 2 unspecified atom stereocenters. The van der Waals surface area contributed by atoms with Crippen LogP contribution >= 0.6 is 0 Å². The van der Waals surface area contributed by atoms with Crippen molar-refractivity contribution in [2.24, 2.45) is 17.3 Å². The highest BCUT2D eigenvalue weighted by atomic mass is 14.2. The van der Waals surface area contributed by atoms with Crippen LogP contribution in [0.5, 0.6) is 0 Å². The van der Waals surface area contributed by atoms with Crippen LogP contribution in [-0.4, -0.2) is 0 Å². The quantitative estimate of drug-likeness (QED) is 0.522. The van der Waals surface area contributed by atoms with Crippen LogP contribution in [0.3, 0.4) is 0 Å². The lowest BCUT2D eigenvalue weighted by molar-refractivity contribution is 0.277. The van der Waals surface area contributed by atoms with Crippen LogP contribution < -0.4 is 0 Å². The van der Waals surface area contributed by atoms with E-state index in [1.807, 2.05) is 0 Å². The summed E-state index contributed by atoms with van der Waals surface area (Å²) < 4.78 is 0. The van der Waals surface area contributed by atoms with Crippen LogP contribution in [0.15, 0.2) is 0 Å². The third-order valence-corrected chi connectivity index (χ3v) is 4.09. The first-order chi connectivity index (χ1) is 6.43. The Hall–Kier alpha value is 0. The van der Waals surface area contributed by atoms with E-state index in [0.717, 1.165) is 11.8 Å². The third kappa shape index (κ3) is 5.67. The molecule has 0 rings (SSSR count). The summed E-state index contributed by atoms with van der Waals surface area (Å²) in [5, 5.41) is 0. The minimum atomic E-state index is 0.565. The van der Waals surface area contributed by atoms with Crippen molar-refractivity contribution < 1.29 is 0 Å². The van der Waals surface area contributed by atoms with E-state index in [9.17, 15) is 0 Å². The Labute approximate surface area is 91.5 Å². The average molecular weight is 198 g/mol. The Kier molecular flexibility index (Phi) is 6.48. The molecule has 0 saturated heterocycles. The second-order valence-corrected chi connectivity index (χ2v) is 5.77. The van der Waals surface area contributed by atoms with E-state index in [2.05, 4.69) is 41.5 Å². The second kappa shape index (κ2) is 6.48. The Morgan fingerprint density at radius 3 is 2.00 bits per heavy atom. The van der Waals surface area contributed by atoms with Gasteiger partial charge in [-0.3, -0.25) is 0 Å². The van der Waals surface area contributed by atoms with Gasteiger partial charge in [-0.2, -0.15) is 0 Å². The van der Waals surface area contributed by atoms with Crippen molar-refractivity contribution in [1.29, 1.82) is 0 Å². The highest BCUT2D eigenvalue weighted by Crippen LogP contribution is 2.29. The first-order valence-electron chi connectivity index (χ1n) is 6.43. The predicted octanol–water partition coefficient (Wildman–Crippen LogP) is 5.28. The Bertz CT molecular complexity index is 135. The molecular formula is C14H30. The van der Waals surface area contributed by atoms with Gasteiger partial charge in [0.15, 0.2) is 0 Å². The lowest BCUT2D eigenvalue weighted by Gasteiger charge is -2.24. The number of hydrogen-bond donors (Lipinski definition) is 0. The van der Waals surface area contributed by atoms with Crippen molar-refractivity contribution in [2.75, 3.05) is 0 Å². The molecule has 0 heteroatoms. The van der Waals surface area contributed by atoms with Gasteiger partial charge in [0, 0.05) is 0 Å². The van der Waals surface area contributed by atoms with Crippen LogP contribution in [0.25, 0.3) is 0 Å². The standard InChI is InChI=1S/C14H30/c1-7-12(3)13(4)10-9-11-14(5,6)8-2/h12-13H,7-11H2,1-6H3. The zero-order valence-corrected chi connectivity index (χ0v) is 11.2. The highest BCUT2D eigenvalue weighted by molar-refractivity contribution is 4.68. The molecule has 0 fully saturated rings. The molecule has 0 spiro atoms. The first-order valence-corrected chi connectivity index (χ1v) is 6.43. The fourth-order valence-electron chi connectivity index (χ4n) is 1.77. The monoisotopic (exact) mass is 198 g/mol. The molecule has 0 aromatic rings. The molecule has 0 nitrogen and oxygen atoms in total. The zero-order chi connectivity index (χ0) is 11.2. The van der Waals surface area contributed by atoms with E-state index in [4.69, 9.17) is 0 Å². The van der Waals surface area contributed by atoms with Gasteiger partial charge >= 0.3 is 0 Å². The van der Waals surface area contributed by atoms with Crippen molar-refractivity contribution in [3.63, 3.8) is 0 Å². The van der Waals surface area contributed by atoms with Crippen LogP contribution in [-0.2, 0) is 0 Å². The molecule has 0 saturated carbocycles. The molecule has 86 valence electrons. The molecule has 0 radical (unpaired) electrons. The zero-order valence-electron chi connectivity index (χ0n) is 11.2. The smallest absolute Gasteiger partial charge is 0.0357 e. The van der Waals surface area contributed by atoms with E-state index in [1.54, 1.807) is 0 Å². The average Bonchev–Trinajstić information content (AvgIpc) is 2.16. The summed E-state index contributed by atoms with van der Waals surface area (Å²) in [6, 6.07) is 0. The van der Waals surface area contributed by atoms with Gasteiger partial charge in [0.1, 0.15) is 0 Å². The van der Waals surface area contributed by atoms with Crippen molar-refractivity contribution in [2.45, 2.75) is 73.6 Å². The molecule has 0 aromatic heterocycles. The maximum absolute atomic E-state index is 2.41. The van der Waals surface area contributed by atoms with Crippen LogP contribution in [0, 0.1) is 17.3 Å². The van der Waals surface area contributed by atoms with E-state index in [1.165, 1.54) is 32.1 Å². The molecule has 0 aliphatic heterocycles. The van der Waals surface area contributed by atoms with Gasteiger partial charge < -0.3 is 0 Å². The Morgan fingerprint density at radius 1 is 1.00 bits per heavy atom. The molecule has 0 amide bonds. The largest absolute Gasteiger partial charge is 0.0651 e. The number of hydrogen-bond acceptors (Lipinski definition) is 0. The molecule has 2 atom stereocenters. The minimum Gasteiger partial charge on any atom is -0.0651 e. The van der Waals surface area contributed by atoms with Crippen LogP contribution in [0.1, 0.15) is 73.6 Å². The third-order valence-electron chi connectivity index (χ3n) is 4.09. The summed E-state index contributed by atoms with van der Waals surface area (Å²) in [6.45, 7) is 14.2. The van der Waals surface area contributed by atoms with Crippen molar-refractivity contribution in [1.82, 2.24) is 0 Å². The van der Waals surface area contributed by atoms with Crippen molar-refractivity contribution in [3.05, 3.63) is 0 Å². The topological polar surface area (TPSA) is 0 Å². The fraction of sp³-hybridized carbons (Fsp3) is 1.00. The first kappa shape index (κ1) is 14.0. The van der Waals surface area contributed by atoms with E-state index >= 15 is 0 Å². The molecule has 0 heterocycles. The van der Waals surface area contributed by atoms with Gasteiger partial charge in [-0.05, 0) is 23.7 Å². The molecule has 0 bridgehead atoms. The summed E-state index contributed by atoms with van der Waals surface area (Å²) in [5.41, 5.74) is 0.565. The minimum absolute atomic E-state index is 0.565. The second-order valence-electron chi connectivity index (χ2n) is 5.77. The lowest BCUT2D eigenvalue weighted by Crippen LogP contribution is -2.12. The van der Waals surface area contributed by atoms with Crippen molar-refractivity contribution >= 4 is 0 Å². The summed E-state index contributed by atoms with van der Waals surface area (Å²) in [7, 11) is 0. The number of rotatable bonds is 7. The van der Waals surface area contributed by atoms with Gasteiger partial charge in [0.05, 0.1) is 0 Å². The van der Waals surface area contributed by atoms with Crippen LogP contribution in [0.2, 0.25) is 0 Å². The van der Waals surface area contributed by atoms with Gasteiger partial charge in [0.25, 0.3) is 0 Å². The lowest BCUT2D eigenvalue weighted by atomic mass is 9.82. The van der Waals surface area contributed by atoms with E-state index in [-0.39, 0.29) is 0 Å². The molecule has 0 aliphatic carbocycles. The molecule has 0 aliphatic rings. The maximum atomic E-state index is 2.41. The van der Waals surface area contributed by atoms with E-state index < -0.39 is 0 Å². The van der Waals surface area contributed by atoms with E-state index in [0.29, 0.717) is 5.41 Å². The predicted molar refractivity (Wildman–Crippen MR) is 66.5 cm³/mol. The van der Waals surface area contributed by atoms with Gasteiger partial charge in [-0.1, -0.05) is 67.2 Å². The molecule has 14 heavy (non-hydrogen) atoms. The molecule has 0 N–H and O–H groups in total. The Balaban J connectivity index is 3.63. The summed E-state index contributed by atoms with van der Waals surface area (Å²) in [4.78, 5) is 0. The highest BCUT2D eigenvalue weighted by Gasteiger charge is 2.16. The SMILES string of the molecule is CCC(C)C(C)CCCC(C)(C)CC. The summed E-state index contributed by atoms with van der Waals surface area (Å²) in [6.07, 6.45) is 6.86. The van der Waals surface area contributed by atoms with Gasteiger partial charge in [-0.15, -0.1) is 0 Å².